The maximum absolute atomic E-state index is 12.5. The summed E-state index contributed by atoms with van der Waals surface area (Å²) in [5, 5.41) is 10.4. The second-order valence-corrected chi connectivity index (χ2v) is 4.91. The van der Waals surface area contributed by atoms with Gasteiger partial charge in [-0.2, -0.15) is 0 Å². The Labute approximate surface area is 138 Å². The molecule has 1 aromatic heterocycles. The number of aromatic nitrogens is 1. The van der Waals surface area contributed by atoms with Gasteiger partial charge in [-0.05, 0) is 44.2 Å². The van der Waals surface area contributed by atoms with Gasteiger partial charge < -0.3 is 14.6 Å². The van der Waals surface area contributed by atoms with E-state index in [1.807, 2.05) is 0 Å². The molecular weight excluding hydrogens is 314 g/mol. The van der Waals surface area contributed by atoms with E-state index < -0.39 is 23.2 Å². The standard InChI is InChI=1S/C17H17NO6/c1-4-24-17(22)14-9-13(10(2)19)15(20)18(16(14)21)11-5-7-12(23-3)8-6-11/h5-9,21H,4H2,1-3H3. The Morgan fingerprint density at radius 3 is 2.29 bits per heavy atom. The minimum atomic E-state index is -0.820. The molecule has 2 aromatic rings. The van der Waals surface area contributed by atoms with Gasteiger partial charge in [0.05, 0.1) is 25.0 Å². The molecule has 126 valence electrons. The lowest BCUT2D eigenvalue weighted by molar-refractivity contribution is 0.0521. The molecule has 7 nitrogen and oxygen atoms in total. The summed E-state index contributed by atoms with van der Waals surface area (Å²) >= 11 is 0. The third-order valence-corrected chi connectivity index (χ3v) is 3.38. The van der Waals surface area contributed by atoms with E-state index in [1.54, 1.807) is 19.1 Å². The molecule has 1 heterocycles. The van der Waals surface area contributed by atoms with Crippen LogP contribution in [-0.2, 0) is 4.74 Å². The summed E-state index contributed by atoms with van der Waals surface area (Å²) in [4.78, 5) is 36.3. The number of nitrogens with zero attached hydrogens (tertiary/aromatic N) is 1. The van der Waals surface area contributed by atoms with E-state index in [4.69, 9.17) is 9.47 Å². The first-order valence-electron chi connectivity index (χ1n) is 7.22. The maximum atomic E-state index is 12.5. The average molecular weight is 331 g/mol. The minimum absolute atomic E-state index is 0.0926. The lowest BCUT2D eigenvalue weighted by atomic mass is 10.1. The van der Waals surface area contributed by atoms with E-state index in [0.717, 1.165) is 10.6 Å². The average Bonchev–Trinajstić information content (AvgIpc) is 2.55. The first-order valence-corrected chi connectivity index (χ1v) is 7.22. The lowest BCUT2D eigenvalue weighted by Crippen LogP contribution is -2.26. The molecule has 1 N–H and O–H groups in total. The minimum Gasteiger partial charge on any atom is -0.497 e. The fourth-order valence-electron chi connectivity index (χ4n) is 2.19. The predicted octanol–water partition coefficient (Wildman–Crippen LogP) is 1.93. The Kier molecular flexibility index (Phi) is 5.03. The van der Waals surface area contributed by atoms with Gasteiger partial charge in [0, 0.05) is 0 Å². The molecule has 0 aliphatic rings. The number of ketones is 1. The number of carbonyl (C=O) groups excluding carboxylic acids is 2. The van der Waals surface area contributed by atoms with Gasteiger partial charge in [0.15, 0.2) is 5.78 Å². The summed E-state index contributed by atoms with van der Waals surface area (Å²) in [6, 6.07) is 7.28. The number of methoxy groups -OCH3 is 1. The summed E-state index contributed by atoms with van der Waals surface area (Å²) in [5.74, 6) is -1.37. The van der Waals surface area contributed by atoms with E-state index >= 15 is 0 Å². The highest BCUT2D eigenvalue weighted by atomic mass is 16.5. The van der Waals surface area contributed by atoms with Crippen molar-refractivity contribution in [2.45, 2.75) is 13.8 Å². The fraction of sp³-hybridized carbons (Fsp3) is 0.235. The van der Waals surface area contributed by atoms with Crippen molar-refractivity contribution in [3.63, 3.8) is 0 Å². The van der Waals surface area contributed by atoms with Crippen molar-refractivity contribution in [3.05, 3.63) is 51.8 Å². The van der Waals surface area contributed by atoms with Crippen LogP contribution in [0, 0.1) is 0 Å². The number of aromatic hydroxyl groups is 1. The molecule has 0 saturated heterocycles. The zero-order valence-electron chi connectivity index (χ0n) is 13.5. The van der Waals surface area contributed by atoms with Crippen LogP contribution in [0.15, 0.2) is 35.1 Å². The lowest BCUT2D eigenvalue weighted by Gasteiger charge is -2.14. The van der Waals surface area contributed by atoms with Gasteiger partial charge in [-0.25, -0.2) is 9.36 Å². The molecule has 0 aliphatic heterocycles. The molecule has 0 radical (unpaired) electrons. The number of pyridine rings is 1. The Hall–Kier alpha value is -3.09. The van der Waals surface area contributed by atoms with Gasteiger partial charge in [-0.15, -0.1) is 0 Å². The highest BCUT2D eigenvalue weighted by Crippen LogP contribution is 2.23. The first-order chi connectivity index (χ1) is 11.4. The number of carbonyl (C=O) groups is 2. The van der Waals surface area contributed by atoms with Crippen LogP contribution in [-0.4, -0.2) is 35.1 Å². The Morgan fingerprint density at radius 1 is 1.17 bits per heavy atom. The number of rotatable bonds is 5. The van der Waals surface area contributed by atoms with Gasteiger partial charge in [0.2, 0.25) is 5.88 Å². The monoisotopic (exact) mass is 331 g/mol. The summed E-state index contributed by atoms with van der Waals surface area (Å²) < 4.78 is 10.8. The number of hydrogen-bond donors (Lipinski definition) is 1. The Morgan fingerprint density at radius 2 is 1.79 bits per heavy atom. The van der Waals surface area contributed by atoms with Crippen LogP contribution < -0.4 is 10.3 Å². The summed E-state index contributed by atoms with van der Waals surface area (Å²) in [5.41, 5.74) is -0.908. The van der Waals surface area contributed by atoms with Crippen molar-refractivity contribution in [2.24, 2.45) is 0 Å². The van der Waals surface area contributed by atoms with E-state index in [1.165, 1.54) is 26.2 Å². The van der Waals surface area contributed by atoms with Crippen LogP contribution in [0.1, 0.15) is 34.6 Å². The van der Waals surface area contributed by atoms with Gasteiger partial charge in [0.25, 0.3) is 5.56 Å². The molecule has 2 rings (SSSR count). The van der Waals surface area contributed by atoms with Crippen LogP contribution in [0.3, 0.4) is 0 Å². The third kappa shape index (κ3) is 3.15. The SMILES string of the molecule is CCOC(=O)c1cc(C(C)=O)c(=O)n(-c2ccc(OC)cc2)c1O. The predicted molar refractivity (Wildman–Crippen MR) is 86.2 cm³/mol. The number of ether oxygens (including phenoxy) is 2. The van der Waals surface area contributed by atoms with Crippen molar-refractivity contribution < 1.29 is 24.2 Å². The van der Waals surface area contributed by atoms with Crippen LogP contribution in [0.4, 0.5) is 0 Å². The fourth-order valence-corrected chi connectivity index (χ4v) is 2.19. The quantitative estimate of drug-likeness (QED) is 0.664. The normalized spacial score (nSPS) is 10.3. The van der Waals surface area contributed by atoms with E-state index in [0.29, 0.717) is 5.75 Å². The molecule has 0 atom stereocenters. The number of Topliss-reactive ketones (excluding diaryl/α,β-unsaturated/α-hetero) is 1. The topological polar surface area (TPSA) is 94.8 Å². The first kappa shape index (κ1) is 17.3. The highest BCUT2D eigenvalue weighted by molar-refractivity contribution is 5.98. The number of benzene rings is 1. The molecule has 0 unspecified atom stereocenters. The van der Waals surface area contributed by atoms with E-state index in [9.17, 15) is 19.5 Å². The number of hydrogen-bond acceptors (Lipinski definition) is 6. The van der Waals surface area contributed by atoms with Crippen molar-refractivity contribution in [1.82, 2.24) is 4.57 Å². The van der Waals surface area contributed by atoms with Crippen LogP contribution in [0.25, 0.3) is 5.69 Å². The van der Waals surface area contributed by atoms with Crippen molar-refractivity contribution in [2.75, 3.05) is 13.7 Å². The summed E-state index contributed by atoms with van der Waals surface area (Å²) in [7, 11) is 1.49. The highest BCUT2D eigenvalue weighted by Gasteiger charge is 2.23. The number of esters is 1. The van der Waals surface area contributed by atoms with Crippen molar-refractivity contribution in [1.29, 1.82) is 0 Å². The summed E-state index contributed by atoms with van der Waals surface area (Å²) in [6.45, 7) is 2.91. The van der Waals surface area contributed by atoms with Gasteiger partial charge in [-0.1, -0.05) is 0 Å². The molecule has 1 aromatic carbocycles. The molecule has 0 bridgehead atoms. The van der Waals surface area contributed by atoms with Crippen molar-refractivity contribution in [3.8, 4) is 17.3 Å². The molecule has 0 amide bonds. The molecule has 0 aliphatic carbocycles. The largest absolute Gasteiger partial charge is 0.497 e. The molecule has 7 heteroatoms. The molecule has 24 heavy (non-hydrogen) atoms. The molecule has 0 fully saturated rings. The maximum Gasteiger partial charge on any atom is 0.343 e. The van der Waals surface area contributed by atoms with Crippen LogP contribution >= 0.6 is 0 Å². The third-order valence-electron chi connectivity index (χ3n) is 3.38. The second kappa shape index (κ2) is 6.99. The molecule has 0 saturated carbocycles. The van der Waals surface area contributed by atoms with E-state index in [-0.39, 0.29) is 23.4 Å². The van der Waals surface area contributed by atoms with Gasteiger partial charge >= 0.3 is 5.97 Å². The van der Waals surface area contributed by atoms with Gasteiger partial charge in [0.1, 0.15) is 11.3 Å². The zero-order chi connectivity index (χ0) is 17.9. The molecular formula is C17H17NO6. The molecule has 0 spiro atoms. The van der Waals surface area contributed by atoms with Gasteiger partial charge in [-0.3, -0.25) is 9.59 Å². The van der Waals surface area contributed by atoms with Crippen molar-refractivity contribution >= 4 is 11.8 Å². The second-order valence-electron chi connectivity index (χ2n) is 4.91. The Balaban J connectivity index is 2.74. The van der Waals surface area contributed by atoms with Crippen LogP contribution in [0.2, 0.25) is 0 Å². The Bertz CT molecular complexity index is 835. The van der Waals surface area contributed by atoms with E-state index in [2.05, 4.69) is 0 Å². The summed E-state index contributed by atoms with van der Waals surface area (Å²) in [6.07, 6.45) is 0. The zero-order valence-corrected chi connectivity index (χ0v) is 13.5. The smallest absolute Gasteiger partial charge is 0.343 e. The van der Waals surface area contributed by atoms with Crippen LogP contribution in [0.5, 0.6) is 11.6 Å².